The molecule has 0 radical (unpaired) electrons. The van der Waals surface area contributed by atoms with Crippen LogP contribution in [0.3, 0.4) is 0 Å². The molecule has 2 rings (SSSR count). The second-order valence-corrected chi connectivity index (χ2v) is 5.37. The van der Waals surface area contributed by atoms with Gasteiger partial charge in [0.2, 0.25) is 0 Å². The van der Waals surface area contributed by atoms with Crippen molar-refractivity contribution in [3.63, 3.8) is 0 Å². The Morgan fingerprint density at radius 1 is 1.38 bits per heavy atom. The van der Waals surface area contributed by atoms with E-state index < -0.39 is 0 Å². The smallest absolute Gasteiger partial charge is 0.114 e. The van der Waals surface area contributed by atoms with Crippen molar-refractivity contribution in [1.29, 1.82) is 0 Å². The zero-order valence-electron chi connectivity index (χ0n) is 8.87. The van der Waals surface area contributed by atoms with Crippen LogP contribution in [-0.2, 0) is 6.54 Å². The zero-order chi connectivity index (χ0) is 11.5. The molecule has 1 aromatic heterocycles. The third-order valence-electron chi connectivity index (χ3n) is 2.28. The molecule has 0 fully saturated rings. The third-order valence-corrected chi connectivity index (χ3v) is 4.15. The molecule has 0 aliphatic carbocycles. The number of hydrogen-bond donors (Lipinski definition) is 1. The fourth-order valence-corrected chi connectivity index (χ4v) is 2.94. The average Bonchev–Trinajstić information content (AvgIpc) is 2.65. The van der Waals surface area contributed by atoms with Crippen molar-refractivity contribution in [2.45, 2.75) is 23.3 Å². The van der Waals surface area contributed by atoms with Crippen LogP contribution in [0.15, 0.2) is 49.2 Å². The van der Waals surface area contributed by atoms with Crippen molar-refractivity contribution >= 4 is 27.7 Å². The highest BCUT2D eigenvalue weighted by atomic mass is 79.9. The van der Waals surface area contributed by atoms with Gasteiger partial charge in [0.1, 0.15) is 5.76 Å². The van der Waals surface area contributed by atoms with Crippen molar-refractivity contribution in [2.75, 3.05) is 0 Å². The van der Waals surface area contributed by atoms with Gasteiger partial charge in [0, 0.05) is 15.9 Å². The lowest BCUT2D eigenvalue weighted by atomic mass is 10.2. The fourth-order valence-electron chi connectivity index (χ4n) is 1.36. The van der Waals surface area contributed by atoms with Crippen molar-refractivity contribution in [2.24, 2.45) is 5.73 Å². The fraction of sp³-hybridized carbons (Fsp3) is 0.167. The summed E-state index contributed by atoms with van der Waals surface area (Å²) in [5, 5.41) is 0. The minimum Gasteiger partial charge on any atom is -0.468 e. The van der Waals surface area contributed by atoms with E-state index in [1.165, 1.54) is 4.90 Å². The molecule has 0 saturated carbocycles. The molecule has 4 heteroatoms. The van der Waals surface area contributed by atoms with E-state index in [4.69, 9.17) is 10.2 Å². The first-order chi connectivity index (χ1) is 7.70. The molecule has 2 aromatic rings. The van der Waals surface area contributed by atoms with E-state index in [0.29, 0.717) is 6.54 Å². The minimum atomic E-state index is 0.552. The highest BCUT2D eigenvalue weighted by molar-refractivity contribution is 9.10. The van der Waals surface area contributed by atoms with Crippen molar-refractivity contribution in [1.82, 2.24) is 0 Å². The first-order valence-corrected chi connectivity index (χ1v) is 6.52. The van der Waals surface area contributed by atoms with Gasteiger partial charge in [-0.05, 0) is 30.7 Å². The molecule has 84 valence electrons. The van der Waals surface area contributed by atoms with Crippen LogP contribution in [0.25, 0.3) is 0 Å². The SMILES string of the molecule is Cc1occc1Sc1ccc(CN)c(Br)c1. The summed E-state index contributed by atoms with van der Waals surface area (Å²) in [7, 11) is 0. The molecule has 0 aliphatic rings. The van der Waals surface area contributed by atoms with Gasteiger partial charge < -0.3 is 10.2 Å². The number of hydrogen-bond acceptors (Lipinski definition) is 3. The Bertz CT molecular complexity index is 496. The summed E-state index contributed by atoms with van der Waals surface area (Å²) >= 11 is 5.20. The van der Waals surface area contributed by atoms with Crippen LogP contribution in [0.2, 0.25) is 0 Å². The van der Waals surface area contributed by atoms with Crippen molar-refractivity contribution in [3.05, 3.63) is 46.3 Å². The summed E-state index contributed by atoms with van der Waals surface area (Å²) in [4.78, 5) is 2.32. The van der Waals surface area contributed by atoms with Gasteiger partial charge in [-0.15, -0.1) is 0 Å². The third kappa shape index (κ3) is 2.51. The summed E-state index contributed by atoms with van der Waals surface area (Å²) in [5.74, 6) is 0.948. The topological polar surface area (TPSA) is 39.2 Å². The maximum atomic E-state index is 5.61. The van der Waals surface area contributed by atoms with Gasteiger partial charge in [0.25, 0.3) is 0 Å². The molecule has 0 atom stereocenters. The molecule has 1 aromatic carbocycles. The van der Waals surface area contributed by atoms with Crippen LogP contribution in [-0.4, -0.2) is 0 Å². The lowest BCUT2D eigenvalue weighted by Crippen LogP contribution is -1.96. The quantitative estimate of drug-likeness (QED) is 0.932. The molecule has 2 nitrogen and oxygen atoms in total. The summed E-state index contributed by atoms with van der Waals surface area (Å²) in [6.45, 7) is 2.52. The number of furan rings is 1. The second-order valence-electron chi connectivity index (χ2n) is 3.40. The standard InChI is InChI=1S/C12H12BrNOS/c1-8-12(4-5-15-8)16-10-3-2-9(7-14)11(13)6-10/h2-6H,7,14H2,1H3. The average molecular weight is 298 g/mol. The lowest BCUT2D eigenvalue weighted by Gasteiger charge is -2.04. The van der Waals surface area contributed by atoms with E-state index >= 15 is 0 Å². The van der Waals surface area contributed by atoms with Crippen LogP contribution in [0, 0.1) is 6.92 Å². The van der Waals surface area contributed by atoms with E-state index in [1.54, 1.807) is 18.0 Å². The highest BCUT2D eigenvalue weighted by Crippen LogP contribution is 2.33. The maximum Gasteiger partial charge on any atom is 0.114 e. The van der Waals surface area contributed by atoms with E-state index in [2.05, 4.69) is 28.1 Å². The Labute approximate surface area is 107 Å². The van der Waals surface area contributed by atoms with Crippen LogP contribution in [0.4, 0.5) is 0 Å². The van der Waals surface area contributed by atoms with Crippen LogP contribution in [0.1, 0.15) is 11.3 Å². The second kappa shape index (κ2) is 5.08. The van der Waals surface area contributed by atoms with Gasteiger partial charge in [-0.3, -0.25) is 0 Å². The highest BCUT2D eigenvalue weighted by Gasteiger charge is 2.05. The summed E-state index contributed by atoms with van der Waals surface area (Å²) < 4.78 is 6.32. The van der Waals surface area contributed by atoms with Gasteiger partial charge in [0.15, 0.2) is 0 Å². The largest absolute Gasteiger partial charge is 0.468 e. The van der Waals surface area contributed by atoms with Gasteiger partial charge in [-0.25, -0.2) is 0 Å². The van der Waals surface area contributed by atoms with E-state index in [-0.39, 0.29) is 0 Å². The van der Waals surface area contributed by atoms with E-state index in [9.17, 15) is 0 Å². The number of nitrogens with two attached hydrogens (primary N) is 1. The molecule has 0 spiro atoms. The zero-order valence-corrected chi connectivity index (χ0v) is 11.3. The summed E-state index contributed by atoms with van der Waals surface area (Å²) in [6, 6.07) is 8.18. The minimum absolute atomic E-state index is 0.552. The molecular weight excluding hydrogens is 286 g/mol. The molecule has 2 N–H and O–H groups in total. The van der Waals surface area contributed by atoms with Gasteiger partial charge in [-0.2, -0.15) is 0 Å². The Hall–Kier alpha value is -0.710. The molecule has 0 amide bonds. The van der Waals surface area contributed by atoms with Gasteiger partial charge >= 0.3 is 0 Å². The first kappa shape index (κ1) is 11.8. The number of rotatable bonds is 3. The maximum absolute atomic E-state index is 5.61. The van der Waals surface area contributed by atoms with Crippen LogP contribution >= 0.6 is 27.7 Å². The number of halogens is 1. The Kier molecular flexibility index (Phi) is 3.74. The predicted octanol–water partition coefficient (Wildman–Crippen LogP) is 3.96. The van der Waals surface area contributed by atoms with Crippen LogP contribution < -0.4 is 5.73 Å². The molecule has 1 heterocycles. The Morgan fingerprint density at radius 3 is 2.75 bits per heavy atom. The lowest BCUT2D eigenvalue weighted by molar-refractivity contribution is 0.527. The molecule has 0 aliphatic heterocycles. The monoisotopic (exact) mass is 297 g/mol. The van der Waals surface area contributed by atoms with Crippen molar-refractivity contribution in [3.8, 4) is 0 Å². The summed E-state index contributed by atoms with van der Waals surface area (Å²) in [5.41, 5.74) is 6.73. The number of benzene rings is 1. The predicted molar refractivity (Wildman–Crippen MR) is 69.6 cm³/mol. The molecule has 0 saturated heterocycles. The first-order valence-electron chi connectivity index (χ1n) is 4.91. The Balaban J connectivity index is 2.23. The molecular formula is C12H12BrNOS. The normalized spacial score (nSPS) is 10.7. The molecule has 0 bridgehead atoms. The molecule has 16 heavy (non-hydrogen) atoms. The van der Waals surface area contributed by atoms with Crippen LogP contribution in [0.5, 0.6) is 0 Å². The Morgan fingerprint density at radius 2 is 2.19 bits per heavy atom. The van der Waals surface area contributed by atoms with E-state index in [0.717, 1.165) is 20.7 Å². The summed E-state index contributed by atoms with van der Waals surface area (Å²) in [6.07, 6.45) is 1.71. The van der Waals surface area contributed by atoms with Gasteiger partial charge in [0.05, 0.1) is 11.2 Å². The molecule has 0 unspecified atom stereocenters. The number of aryl methyl sites for hydroxylation is 1. The van der Waals surface area contributed by atoms with Gasteiger partial charge in [-0.1, -0.05) is 33.8 Å². The van der Waals surface area contributed by atoms with Crippen molar-refractivity contribution < 1.29 is 4.42 Å². The van der Waals surface area contributed by atoms with E-state index in [1.807, 2.05) is 19.1 Å².